The molecule has 0 unspecified atom stereocenters. The molecule has 1 fully saturated rings. The molecule has 0 aromatic heterocycles. The number of benzene rings is 1. The fourth-order valence-corrected chi connectivity index (χ4v) is 2.23. The molecule has 100 valence electrons. The van der Waals surface area contributed by atoms with Gasteiger partial charge in [0.15, 0.2) is 0 Å². The van der Waals surface area contributed by atoms with Crippen molar-refractivity contribution in [2.24, 2.45) is 0 Å². The maximum Gasteiger partial charge on any atom is 0.0713 e. The summed E-state index contributed by atoms with van der Waals surface area (Å²) in [5.74, 6) is 0. The van der Waals surface area contributed by atoms with Crippen molar-refractivity contribution in [1.29, 1.82) is 0 Å². The van der Waals surface area contributed by atoms with Crippen molar-refractivity contribution in [3.8, 4) is 0 Å². The Morgan fingerprint density at radius 3 is 2.39 bits per heavy atom. The molecule has 0 bridgehead atoms. The predicted molar refractivity (Wildman–Crippen MR) is 72.5 cm³/mol. The van der Waals surface area contributed by atoms with Crippen molar-refractivity contribution in [2.45, 2.75) is 38.5 Å². The lowest BCUT2D eigenvalue weighted by atomic mass is 9.92. The number of nitrogens with one attached hydrogen (secondary N) is 1. The largest absolute Gasteiger partial charge is 0.381 e. The van der Waals surface area contributed by atoms with Crippen LogP contribution in [0.5, 0.6) is 0 Å². The van der Waals surface area contributed by atoms with E-state index in [1.54, 1.807) is 7.11 Å². The monoisotopic (exact) mass is 249 g/mol. The van der Waals surface area contributed by atoms with E-state index in [1.807, 2.05) is 0 Å². The van der Waals surface area contributed by atoms with Crippen LogP contribution < -0.4 is 5.32 Å². The van der Waals surface area contributed by atoms with Gasteiger partial charge in [-0.2, -0.15) is 0 Å². The van der Waals surface area contributed by atoms with E-state index < -0.39 is 0 Å². The molecule has 1 aliphatic heterocycles. The highest BCUT2D eigenvalue weighted by Crippen LogP contribution is 2.20. The molecule has 1 aliphatic rings. The lowest BCUT2D eigenvalue weighted by molar-refractivity contribution is 0.0446. The quantitative estimate of drug-likeness (QED) is 0.869. The third kappa shape index (κ3) is 3.80. The first-order valence-electron chi connectivity index (χ1n) is 6.61. The topological polar surface area (TPSA) is 30.5 Å². The average Bonchev–Trinajstić information content (AvgIpc) is 2.39. The van der Waals surface area contributed by atoms with Crippen LogP contribution in [0.3, 0.4) is 0 Å². The summed E-state index contributed by atoms with van der Waals surface area (Å²) in [7, 11) is 1.72. The smallest absolute Gasteiger partial charge is 0.0713 e. The highest BCUT2D eigenvalue weighted by Gasteiger charge is 2.26. The minimum Gasteiger partial charge on any atom is -0.381 e. The van der Waals surface area contributed by atoms with Gasteiger partial charge in [0.1, 0.15) is 0 Å². The van der Waals surface area contributed by atoms with Crippen LogP contribution in [-0.4, -0.2) is 25.9 Å². The van der Waals surface area contributed by atoms with Crippen molar-refractivity contribution < 1.29 is 9.47 Å². The first kappa shape index (κ1) is 13.5. The van der Waals surface area contributed by atoms with E-state index >= 15 is 0 Å². The number of methoxy groups -OCH3 is 1. The van der Waals surface area contributed by atoms with Gasteiger partial charge in [0.2, 0.25) is 0 Å². The van der Waals surface area contributed by atoms with E-state index in [2.05, 4.69) is 36.5 Å². The zero-order valence-electron chi connectivity index (χ0n) is 11.4. The standard InChI is InChI=1S/C15H23NO2/c1-15(7-9-18-10-8-15)16-11-13-3-5-14(6-4-13)12-17-2/h3-6,16H,7-12H2,1-2H3. The molecule has 18 heavy (non-hydrogen) atoms. The second kappa shape index (κ2) is 6.32. The van der Waals surface area contributed by atoms with Crippen LogP contribution >= 0.6 is 0 Å². The maximum absolute atomic E-state index is 5.41. The summed E-state index contributed by atoms with van der Waals surface area (Å²) in [5, 5.41) is 3.65. The summed E-state index contributed by atoms with van der Waals surface area (Å²) in [4.78, 5) is 0. The summed E-state index contributed by atoms with van der Waals surface area (Å²) in [6.07, 6.45) is 2.18. The maximum atomic E-state index is 5.41. The molecule has 0 spiro atoms. The Morgan fingerprint density at radius 1 is 1.17 bits per heavy atom. The van der Waals surface area contributed by atoms with Crippen LogP contribution in [0.2, 0.25) is 0 Å². The molecule has 1 saturated heterocycles. The van der Waals surface area contributed by atoms with Gasteiger partial charge in [-0.05, 0) is 30.9 Å². The van der Waals surface area contributed by atoms with Crippen LogP contribution in [-0.2, 0) is 22.6 Å². The summed E-state index contributed by atoms with van der Waals surface area (Å²) in [5.41, 5.74) is 2.77. The molecule has 1 aromatic carbocycles. The minimum atomic E-state index is 0.226. The Labute approximate surface area is 109 Å². The Bertz CT molecular complexity index is 355. The Kier molecular flexibility index (Phi) is 4.75. The van der Waals surface area contributed by atoms with Crippen molar-refractivity contribution >= 4 is 0 Å². The van der Waals surface area contributed by atoms with Gasteiger partial charge >= 0.3 is 0 Å². The zero-order valence-corrected chi connectivity index (χ0v) is 11.4. The molecule has 0 amide bonds. The predicted octanol–water partition coefficient (Wildman–Crippen LogP) is 2.49. The van der Waals surface area contributed by atoms with Gasteiger partial charge in [0.25, 0.3) is 0 Å². The molecule has 0 radical (unpaired) electrons. The van der Waals surface area contributed by atoms with Crippen LogP contribution in [0.15, 0.2) is 24.3 Å². The van der Waals surface area contributed by atoms with E-state index in [4.69, 9.17) is 9.47 Å². The lowest BCUT2D eigenvalue weighted by Crippen LogP contribution is -2.46. The molecule has 1 aromatic rings. The van der Waals surface area contributed by atoms with Crippen LogP contribution in [0, 0.1) is 0 Å². The first-order chi connectivity index (χ1) is 8.72. The summed E-state index contributed by atoms with van der Waals surface area (Å²) < 4.78 is 10.5. The van der Waals surface area contributed by atoms with Crippen LogP contribution in [0.25, 0.3) is 0 Å². The van der Waals surface area contributed by atoms with E-state index in [-0.39, 0.29) is 5.54 Å². The highest BCUT2D eigenvalue weighted by atomic mass is 16.5. The van der Waals surface area contributed by atoms with Gasteiger partial charge < -0.3 is 14.8 Å². The van der Waals surface area contributed by atoms with Gasteiger partial charge in [-0.1, -0.05) is 24.3 Å². The van der Waals surface area contributed by atoms with E-state index in [0.29, 0.717) is 6.61 Å². The Morgan fingerprint density at radius 2 is 1.78 bits per heavy atom. The second-order valence-electron chi connectivity index (χ2n) is 5.28. The van der Waals surface area contributed by atoms with Crippen LogP contribution in [0.4, 0.5) is 0 Å². The van der Waals surface area contributed by atoms with Gasteiger partial charge in [0, 0.05) is 32.4 Å². The van der Waals surface area contributed by atoms with Crippen molar-refractivity contribution in [1.82, 2.24) is 5.32 Å². The van der Waals surface area contributed by atoms with Crippen molar-refractivity contribution in [3.63, 3.8) is 0 Å². The fourth-order valence-electron chi connectivity index (χ4n) is 2.23. The molecule has 0 saturated carbocycles. The lowest BCUT2D eigenvalue weighted by Gasteiger charge is -2.34. The third-order valence-electron chi connectivity index (χ3n) is 3.65. The SMILES string of the molecule is COCc1ccc(CNC2(C)CCOCC2)cc1. The molecular formula is C15H23NO2. The van der Waals surface area contributed by atoms with Gasteiger partial charge in [-0.15, -0.1) is 0 Å². The number of hydrogen-bond donors (Lipinski definition) is 1. The van der Waals surface area contributed by atoms with Crippen molar-refractivity contribution in [2.75, 3.05) is 20.3 Å². The third-order valence-corrected chi connectivity index (χ3v) is 3.65. The highest BCUT2D eigenvalue weighted by molar-refractivity contribution is 5.22. The Hall–Kier alpha value is -0.900. The summed E-state index contributed by atoms with van der Waals surface area (Å²) in [6, 6.07) is 8.60. The number of ether oxygens (including phenoxy) is 2. The van der Waals surface area contributed by atoms with Crippen molar-refractivity contribution in [3.05, 3.63) is 35.4 Å². The minimum absolute atomic E-state index is 0.226. The Balaban J connectivity index is 1.85. The number of rotatable bonds is 5. The number of hydrogen-bond acceptors (Lipinski definition) is 3. The molecule has 1 heterocycles. The van der Waals surface area contributed by atoms with E-state index in [0.717, 1.165) is 32.6 Å². The molecule has 0 atom stereocenters. The average molecular weight is 249 g/mol. The molecular weight excluding hydrogens is 226 g/mol. The molecule has 0 aliphatic carbocycles. The second-order valence-corrected chi connectivity index (χ2v) is 5.28. The molecule has 2 rings (SSSR count). The molecule has 1 N–H and O–H groups in total. The van der Waals surface area contributed by atoms with E-state index in [1.165, 1.54) is 11.1 Å². The summed E-state index contributed by atoms with van der Waals surface area (Å²) in [6.45, 7) is 5.63. The summed E-state index contributed by atoms with van der Waals surface area (Å²) >= 11 is 0. The van der Waals surface area contributed by atoms with Gasteiger partial charge in [-0.3, -0.25) is 0 Å². The van der Waals surface area contributed by atoms with Gasteiger partial charge in [-0.25, -0.2) is 0 Å². The first-order valence-corrected chi connectivity index (χ1v) is 6.61. The fraction of sp³-hybridized carbons (Fsp3) is 0.600. The van der Waals surface area contributed by atoms with Crippen LogP contribution in [0.1, 0.15) is 30.9 Å². The van der Waals surface area contributed by atoms with Gasteiger partial charge in [0.05, 0.1) is 6.61 Å². The molecule has 3 heteroatoms. The molecule has 3 nitrogen and oxygen atoms in total. The van der Waals surface area contributed by atoms with E-state index in [9.17, 15) is 0 Å². The normalized spacial score (nSPS) is 18.8. The zero-order chi connectivity index (χ0) is 12.8.